The lowest BCUT2D eigenvalue weighted by molar-refractivity contribution is 0.315. The van der Waals surface area contributed by atoms with Gasteiger partial charge in [0.15, 0.2) is 0 Å². The zero-order valence-electron chi connectivity index (χ0n) is 17.9. The summed E-state index contributed by atoms with van der Waals surface area (Å²) in [6, 6.07) is 22.5. The Kier molecular flexibility index (Phi) is 8.07. The first-order chi connectivity index (χ1) is 14.8. The van der Waals surface area contributed by atoms with Crippen LogP contribution in [-0.2, 0) is 9.09 Å². The van der Waals surface area contributed by atoms with Crippen molar-refractivity contribution in [1.29, 1.82) is 0 Å². The molecule has 7 heteroatoms. The Morgan fingerprint density at radius 3 is 2.26 bits per heavy atom. The van der Waals surface area contributed by atoms with Gasteiger partial charge < -0.3 is 14.7 Å². The average Bonchev–Trinajstić information content (AvgIpc) is 2.77. The molecule has 3 aromatic carbocycles. The fourth-order valence-corrected chi connectivity index (χ4v) is 6.36. The molecule has 3 rings (SSSR count). The van der Waals surface area contributed by atoms with Crippen molar-refractivity contribution < 1.29 is 9.09 Å². The lowest BCUT2D eigenvalue weighted by Gasteiger charge is -2.30. The van der Waals surface area contributed by atoms with Crippen LogP contribution in [0.5, 0.6) is 0 Å². The van der Waals surface area contributed by atoms with Crippen LogP contribution in [0.1, 0.15) is 24.7 Å². The van der Waals surface area contributed by atoms with E-state index in [1.54, 1.807) is 18.2 Å². The third kappa shape index (κ3) is 5.64. The van der Waals surface area contributed by atoms with E-state index in [4.69, 9.17) is 27.7 Å². The molecule has 31 heavy (non-hydrogen) atoms. The van der Waals surface area contributed by atoms with E-state index in [-0.39, 0.29) is 0 Å². The molecule has 3 aromatic rings. The Bertz CT molecular complexity index is 1040. The number of nitrogens with one attached hydrogen (secondary N) is 1. The molecular weight excluding hydrogens is 450 g/mol. The molecule has 1 N–H and O–H groups in total. The van der Waals surface area contributed by atoms with E-state index in [0.29, 0.717) is 27.5 Å². The van der Waals surface area contributed by atoms with Crippen LogP contribution in [0.25, 0.3) is 0 Å². The fraction of sp³-hybridized carbons (Fsp3) is 0.250. The smallest absolute Gasteiger partial charge is 0.258 e. The van der Waals surface area contributed by atoms with Crippen LogP contribution in [0.4, 0.5) is 11.4 Å². The first-order valence-corrected chi connectivity index (χ1v) is 12.6. The summed E-state index contributed by atoms with van der Waals surface area (Å²) in [5.74, 6) is -0.684. The molecule has 0 heterocycles. The van der Waals surface area contributed by atoms with Crippen LogP contribution in [0.2, 0.25) is 10.0 Å². The van der Waals surface area contributed by atoms with Gasteiger partial charge in [0, 0.05) is 46.4 Å². The van der Waals surface area contributed by atoms with Gasteiger partial charge in [0.2, 0.25) is 0 Å². The second-order valence-corrected chi connectivity index (χ2v) is 10.7. The van der Waals surface area contributed by atoms with Crippen molar-refractivity contribution in [1.82, 2.24) is 0 Å². The van der Waals surface area contributed by atoms with Gasteiger partial charge in [0.05, 0.1) is 6.61 Å². The van der Waals surface area contributed by atoms with Crippen LogP contribution in [0.15, 0.2) is 72.8 Å². The number of halogens is 2. The predicted molar refractivity (Wildman–Crippen MR) is 134 cm³/mol. The Labute approximate surface area is 194 Å². The van der Waals surface area contributed by atoms with Crippen molar-refractivity contribution in [2.45, 2.75) is 19.1 Å². The number of hydrogen-bond donors (Lipinski definition) is 1. The molecule has 0 fully saturated rings. The number of rotatable bonds is 9. The van der Waals surface area contributed by atoms with Crippen molar-refractivity contribution in [3.05, 3.63) is 88.4 Å². The molecule has 0 bridgehead atoms. The van der Waals surface area contributed by atoms with Crippen molar-refractivity contribution >= 4 is 47.3 Å². The SMILES string of the molecule is CCCO[P@@](=O)(c1ccc(N(C)C)cc1)[C@@H](Nc1ccccc1)c1ccc(Cl)cc1Cl. The third-order valence-corrected chi connectivity index (χ3v) is 8.12. The van der Waals surface area contributed by atoms with E-state index >= 15 is 0 Å². The summed E-state index contributed by atoms with van der Waals surface area (Å²) in [5, 5.41) is 5.00. The largest absolute Gasteiger partial charge is 0.378 e. The summed E-state index contributed by atoms with van der Waals surface area (Å²) in [4.78, 5) is 2.00. The standard InChI is InChI=1S/C24H27Cl2N2O2P/c1-4-16-30-31(29,21-13-11-20(12-14-21)28(2)3)24(27-19-8-6-5-7-9-19)22-15-10-18(25)17-23(22)26/h5-15,17,24,27H,4,16H2,1-3H3/t24-,31+/m1/s1. The van der Waals surface area contributed by atoms with Gasteiger partial charge in [-0.1, -0.05) is 54.4 Å². The molecular formula is C24H27Cl2N2O2P. The lowest BCUT2D eigenvalue weighted by Crippen LogP contribution is -2.21. The first-order valence-electron chi connectivity index (χ1n) is 10.1. The minimum Gasteiger partial charge on any atom is -0.378 e. The summed E-state index contributed by atoms with van der Waals surface area (Å²) in [6.07, 6.45) is 0.742. The zero-order valence-corrected chi connectivity index (χ0v) is 20.3. The highest BCUT2D eigenvalue weighted by molar-refractivity contribution is 7.67. The van der Waals surface area contributed by atoms with Crippen LogP contribution in [0.3, 0.4) is 0 Å². The Hall–Kier alpha value is -1.97. The van der Waals surface area contributed by atoms with Gasteiger partial charge in [0.1, 0.15) is 5.78 Å². The highest BCUT2D eigenvalue weighted by Crippen LogP contribution is 2.60. The van der Waals surface area contributed by atoms with Gasteiger partial charge >= 0.3 is 0 Å². The molecule has 0 spiro atoms. The summed E-state index contributed by atoms with van der Waals surface area (Å²) in [5.41, 5.74) is 2.51. The van der Waals surface area contributed by atoms with Crippen LogP contribution in [-0.4, -0.2) is 20.7 Å². The van der Waals surface area contributed by atoms with Gasteiger partial charge in [-0.3, -0.25) is 4.57 Å². The monoisotopic (exact) mass is 476 g/mol. The van der Waals surface area contributed by atoms with Gasteiger partial charge in [-0.05, 0) is 55.0 Å². The van der Waals surface area contributed by atoms with Crippen molar-refractivity contribution in [3.8, 4) is 0 Å². The topological polar surface area (TPSA) is 41.6 Å². The average molecular weight is 477 g/mol. The van der Waals surface area contributed by atoms with Crippen LogP contribution >= 0.6 is 30.6 Å². The molecule has 2 atom stereocenters. The van der Waals surface area contributed by atoms with Crippen LogP contribution in [0, 0.1) is 0 Å². The molecule has 0 unspecified atom stereocenters. The maximum atomic E-state index is 14.6. The molecule has 164 valence electrons. The highest BCUT2D eigenvalue weighted by Gasteiger charge is 2.39. The molecule has 0 aliphatic rings. The van der Waals surface area contributed by atoms with E-state index in [9.17, 15) is 4.57 Å². The van der Waals surface area contributed by atoms with Crippen molar-refractivity contribution in [2.75, 3.05) is 30.9 Å². The second kappa shape index (κ2) is 10.6. The Morgan fingerprint density at radius 2 is 1.68 bits per heavy atom. The summed E-state index contributed by atoms with van der Waals surface area (Å²) in [7, 11) is 0.500. The van der Waals surface area contributed by atoms with Gasteiger partial charge in [-0.2, -0.15) is 0 Å². The number of benzene rings is 3. The number of para-hydroxylation sites is 1. The first kappa shape index (κ1) is 23.7. The zero-order chi connectivity index (χ0) is 22.4. The van der Waals surface area contributed by atoms with E-state index in [1.165, 1.54) is 0 Å². The molecule has 0 radical (unpaired) electrons. The van der Waals surface area contributed by atoms with E-state index in [1.807, 2.05) is 80.5 Å². The molecule has 0 saturated carbocycles. The maximum absolute atomic E-state index is 14.6. The third-order valence-electron chi connectivity index (χ3n) is 4.89. The van der Waals surface area contributed by atoms with Gasteiger partial charge in [0.25, 0.3) is 7.37 Å². The van der Waals surface area contributed by atoms with E-state index < -0.39 is 13.2 Å². The fourth-order valence-electron chi connectivity index (χ4n) is 3.24. The molecule has 0 amide bonds. The number of anilines is 2. The van der Waals surface area contributed by atoms with Crippen molar-refractivity contribution in [2.24, 2.45) is 0 Å². The van der Waals surface area contributed by atoms with Crippen LogP contribution < -0.4 is 15.5 Å². The lowest BCUT2D eigenvalue weighted by atomic mass is 10.2. The van der Waals surface area contributed by atoms with Crippen molar-refractivity contribution in [3.63, 3.8) is 0 Å². The van der Waals surface area contributed by atoms with E-state index in [2.05, 4.69) is 5.32 Å². The Morgan fingerprint density at radius 1 is 1.00 bits per heavy atom. The number of hydrogen-bond acceptors (Lipinski definition) is 4. The second-order valence-electron chi connectivity index (χ2n) is 7.42. The molecule has 0 saturated heterocycles. The molecule has 0 aliphatic heterocycles. The van der Waals surface area contributed by atoms with Gasteiger partial charge in [-0.25, -0.2) is 0 Å². The Balaban J connectivity index is 2.15. The minimum atomic E-state index is -3.44. The normalized spacial score (nSPS) is 14.0. The quantitative estimate of drug-likeness (QED) is 0.331. The van der Waals surface area contributed by atoms with E-state index in [0.717, 1.165) is 17.8 Å². The summed E-state index contributed by atoms with van der Waals surface area (Å²) in [6.45, 7) is 2.36. The maximum Gasteiger partial charge on any atom is 0.258 e. The summed E-state index contributed by atoms with van der Waals surface area (Å²) >= 11 is 12.7. The minimum absolute atomic E-state index is 0.366. The predicted octanol–water partition coefficient (Wildman–Crippen LogP) is 7.20. The molecule has 0 aromatic heterocycles. The number of nitrogens with zero attached hydrogens (tertiary/aromatic N) is 1. The molecule has 0 aliphatic carbocycles. The molecule has 4 nitrogen and oxygen atoms in total. The highest BCUT2D eigenvalue weighted by atomic mass is 35.5. The summed E-state index contributed by atoms with van der Waals surface area (Å²) < 4.78 is 20.7. The van der Waals surface area contributed by atoms with Gasteiger partial charge in [-0.15, -0.1) is 0 Å².